The molecule has 0 radical (unpaired) electrons. The summed E-state index contributed by atoms with van der Waals surface area (Å²) in [6.07, 6.45) is 2.95. The Hall–Kier alpha value is -2.63. The summed E-state index contributed by atoms with van der Waals surface area (Å²) < 4.78 is 35.0. The van der Waals surface area contributed by atoms with Crippen LogP contribution in [0.25, 0.3) is 0 Å². The van der Waals surface area contributed by atoms with Crippen LogP contribution in [0, 0.1) is 5.92 Å². The van der Waals surface area contributed by atoms with E-state index in [1.807, 2.05) is 6.92 Å². The highest BCUT2D eigenvalue weighted by molar-refractivity contribution is 7.91. The van der Waals surface area contributed by atoms with Gasteiger partial charge in [-0.15, -0.1) is 11.3 Å². The first-order valence-corrected chi connectivity index (χ1v) is 15.3. The summed E-state index contributed by atoms with van der Waals surface area (Å²) in [6.45, 7) is 4.57. The topological polar surface area (TPSA) is 131 Å². The fraction of sp³-hybridized carbons (Fsp3) is 0.538. The minimum atomic E-state index is -3.11. The van der Waals surface area contributed by atoms with Crippen molar-refractivity contribution in [2.24, 2.45) is 5.92 Å². The Balaban J connectivity index is 1.43. The number of anilines is 1. The molecule has 1 saturated heterocycles. The maximum atomic E-state index is 13.3. The van der Waals surface area contributed by atoms with Crippen LogP contribution in [-0.4, -0.2) is 69.1 Å². The van der Waals surface area contributed by atoms with Gasteiger partial charge in [-0.3, -0.25) is 9.59 Å². The number of benzene rings is 1. The number of aliphatic hydroxyl groups is 1. The van der Waals surface area contributed by atoms with E-state index < -0.39 is 15.9 Å². The van der Waals surface area contributed by atoms with E-state index in [-0.39, 0.29) is 36.6 Å². The number of ether oxygens (including phenoxy) is 2. The first kappa shape index (κ1) is 27.4. The van der Waals surface area contributed by atoms with Crippen molar-refractivity contribution in [3.63, 3.8) is 0 Å². The van der Waals surface area contributed by atoms with E-state index in [1.54, 1.807) is 18.2 Å². The quantitative estimate of drug-likeness (QED) is 0.364. The molecule has 1 aliphatic carbocycles. The average molecular weight is 551 g/mol. The van der Waals surface area contributed by atoms with Gasteiger partial charge in [0.05, 0.1) is 23.7 Å². The van der Waals surface area contributed by atoms with Gasteiger partial charge in [0.25, 0.3) is 5.91 Å². The molecule has 202 valence electrons. The number of aldehydes is 1. The summed E-state index contributed by atoms with van der Waals surface area (Å²) >= 11 is 1.53. The predicted octanol–water partition coefficient (Wildman–Crippen LogP) is 2.85. The third-order valence-electron chi connectivity index (χ3n) is 6.64. The second-order valence-corrected chi connectivity index (χ2v) is 13.1. The van der Waals surface area contributed by atoms with Crippen molar-refractivity contribution in [1.29, 1.82) is 0 Å². The van der Waals surface area contributed by atoms with Crippen molar-refractivity contribution in [3.05, 3.63) is 39.8 Å². The molecular weight excluding hydrogens is 516 g/mol. The summed E-state index contributed by atoms with van der Waals surface area (Å²) in [4.78, 5) is 25.5. The zero-order valence-electron chi connectivity index (χ0n) is 21.1. The number of aliphatic hydroxyl groups excluding tert-OH is 1. The van der Waals surface area contributed by atoms with E-state index >= 15 is 0 Å². The Morgan fingerprint density at radius 2 is 2.08 bits per heavy atom. The standard InChI is InChI=1S/C26H34N2O7S2/c1-3-34-22-11-17(13-29)5-7-21(22)35-14-19(30)12-27-26-24(20-6-4-16(2)10-23(20)36-26)25(31)28-18-8-9-37(32,33)15-18/h5,7,11,13,16,18-19,27,30H,3-4,6,8-10,12,14-15H2,1-2H3,(H,28,31). The Morgan fingerprint density at radius 1 is 1.27 bits per heavy atom. The van der Waals surface area contributed by atoms with Crippen LogP contribution in [0.1, 0.15) is 57.8 Å². The minimum Gasteiger partial charge on any atom is -0.490 e. The summed E-state index contributed by atoms with van der Waals surface area (Å²) in [5.41, 5.74) is 2.05. The number of nitrogens with one attached hydrogen (secondary N) is 2. The monoisotopic (exact) mass is 550 g/mol. The number of rotatable bonds is 11. The maximum Gasteiger partial charge on any atom is 0.254 e. The number of hydrogen-bond acceptors (Lipinski definition) is 9. The Bertz CT molecular complexity index is 1240. The van der Waals surface area contributed by atoms with E-state index in [4.69, 9.17) is 9.47 Å². The van der Waals surface area contributed by atoms with Gasteiger partial charge in [0.15, 0.2) is 21.3 Å². The fourth-order valence-corrected chi connectivity index (χ4v) is 7.81. The molecule has 2 heterocycles. The molecule has 0 saturated carbocycles. The van der Waals surface area contributed by atoms with Crippen LogP contribution in [-0.2, 0) is 22.7 Å². The molecule has 3 N–H and O–H groups in total. The zero-order chi connectivity index (χ0) is 26.6. The number of carbonyl (C=O) groups excluding carboxylic acids is 2. The second-order valence-electron chi connectivity index (χ2n) is 9.73. The van der Waals surface area contributed by atoms with Crippen LogP contribution in [0.15, 0.2) is 18.2 Å². The van der Waals surface area contributed by atoms with Crippen LogP contribution in [0.4, 0.5) is 5.00 Å². The van der Waals surface area contributed by atoms with Gasteiger partial charge in [-0.2, -0.15) is 0 Å². The molecule has 4 rings (SSSR count). The molecule has 2 aromatic rings. The molecule has 1 aromatic heterocycles. The largest absolute Gasteiger partial charge is 0.490 e. The van der Waals surface area contributed by atoms with Crippen molar-refractivity contribution in [3.8, 4) is 11.5 Å². The highest BCUT2D eigenvalue weighted by atomic mass is 32.2. The number of amides is 1. The van der Waals surface area contributed by atoms with Gasteiger partial charge in [0.1, 0.15) is 24.0 Å². The average Bonchev–Trinajstić information content (AvgIpc) is 3.40. The molecular formula is C26H34N2O7S2. The molecule has 3 unspecified atom stereocenters. The highest BCUT2D eigenvalue weighted by Crippen LogP contribution is 2.40. The molecule has 2 aliphatic rings. The molecule has 1 fully saturated rings. The minimum absolute atomic E-state index is 0.0168. The molecule has 0 spiro atoms. The van der Waals surface area contributed by atoms with E-state index in [0.29, 0.717) is 46.6 Å². The lowest BCUT2D eigenvalue weighted by Gasteiger charge is -2.19. The second kappa shape index (κ2) is 11.8. The van der Waals surface area contributed by atoms with E-state index in [1.165, 1.54) is 11.3 Å². The van der Waals surface area contributed by atoms with Crippen LogP contribution >= 0.6 is 11.3 Å². The molecule has 37 heavy (non-hydrogen) atoms. The number of fused-ring (bicyclic) bond motifs is 1. The lowest BCUT2D eigenvalue weighted by Crippen LogP contribution is -2.36. The van der Waals surface area contributed by atoms with Gasteiger partial charge in [0, 0.05) is 23.0 Å². The van der Waals surface area contributed by atoms with Crippen molar-refractivity contribution in [2.45, 2.75) is 51.7 Å². The Labute approximate surface area is 221 Å². The number of sulfone groups is 1. The third kappa shape index (κ3) is 6.82. The van der Waals surface area contributed by atoms with Gasteiger partial charge in [-0.1, -0.05) is 6.92 Å². The molecule has 1 aromatic carbocycles. The van der Waals surface area contributed by atoms with Gasteiger partial charge >= 0.3 is 0 Å². The maximum absolute atomic E-state index is 13.3. The van der Waals surface area contributed by atoms with Crippen molar-refractivity contribution in [1.82, 2.24) is 5.32 Å². The molecule has 11 heteroatoms. The summed E-state index contributed by atoms with van der Waals surface area (Å²) in [6, 6.07) is 4.46. The van der Waals surface area contributed by atoms with Gasteiger partial charge in [0.2, 0.25) is 0 Å². The third-order valence-corrected chi connectivity index (χ3v) is 9.62. The van der Waals surface area contributed by atoms with Gasteiger partial charge in [-0.25, -0.2) is 8.42 Å². The van der Waals surface area contributed by atoms with Gasteiger partial charge < -0.3 is 25.2 Å². The molecule has 1 aliphatic heterocycles. The van der Waals surface area contributed by atoms with Crippen LogP contribution in [0.3, 0.4) is 0 Å². The number of thiophene rings is 1. The zero-order valence-corrected chi connectivity index (χ0v) is 22.8. The van der Waals surface area contributed by atoms with Crippen LogP contribution in [0.2, 0.25) is 0 Å². The molecule has 3 atom stereocenters. The lowest BCUT2D eigenvalue weighted by atomic mass is 9.88. The molecule has 9 nitrogen and oxygen atoms in total. The van der Waals surface area contributed by atoms with E-state index in [0.717, 1.165) is 36.0 Å². The Kier molecular flexibility index (Phi) is 8.76. The first-order chi connectivity index (χ1) is 17.7. The van der Waals surface area contributed by atoms with E-state index in [9.17, 15) is 23.1 Å². The van der Waals surface area contributed by atoms with E-state index in [2.05, 4.69) is 17.6 Å². The van der Waals surface area contributed by atoms with Crippen molar-refractivity contribution in [2.75, 3.05) is 36.6 Å². The highest BCUT2D eigenvalue weighted by Gasteiger charge is 2.32. The molecule has 0 bridgehead atoms. The first-order valence-electron chi connectivity index (χ1n) is 12.6. The normalized spacial score (nSPS) is 21.1. The summed E-state index contributed by atoms with van der Waals surface area (Å²) in [5.74, 6) is 1.19. The van der Waals surface area contributed by atoms with Crippen LogP contribution < -0.4 is 20.1 Å². The number of carbonyl (C=O) groups is 2. The van der Waals surface area contributed by atoms with Gasteiger partial charge in [-0.05, 0) is 62.3 Å². The van der Waals surface area contributed by atoms with Crippen molar-refractivity contribution < 1.29 is 32.6 Å². The fourth-order valence-electron chi connectivity index (χ4n) is 4.72. The van der Waals surface area contributed by atoms with Crippen LogP contribution in [0.5, 0.6) is 11.5 Å². The SMILES string of the molecule is CCOc1cc(C=O)ccc1OCC(O)CNc1sc2c(c1C(=O)NC1CCS(=O)(=O)C1)CCC(C)C2. The Morgan fingerprint density at radius 3 is 2.78 bits per heavy atom. The molecule has 1 amide bonds. The smallest absolute Gasteiger partial charge is 0.254 e. The predicted molar refractivity (Wildman–Crippen MR) is 143 cm³/mol. The number of hydrogen-bond donors (Lipinski definition) is 3. The lowest BCUT2D eigenvalue weighted by molar-refractivity contribution is 0.0940. The summed E-state index contributed by atoms with van der Waals surface area (Å²) in [5, 5.41) is 17.4. The van der Waals surface area contributed by atoms with Crippen molar-refractivity contribution >= 4 is 38.4 Å². The summed E-state index contributed by atoms with van der Waals surface area (Å²) in [7, 11) is -3.11.